The molecule has 0 spiro atoms. The first-order chi connectivity index (χ1) is 14.2. The lowest BCUT2D eigenvalue weighted by Gasteiger charge is -2.31. The number of aromatic nitrogens is 1. The number of nitrogens with zero attached hydrogens (tertiary/aromatic N) is 1. The lowest BCUT2D eigenvalue weighted by Crippen LogP contribution is -2.39. The number of nitrogens with one attached hydrogen (secondary N) is 2. The fourth-order valence-corrected chi connectivity index (χ4v) is 3.93. The molecule has 0 unspecified atom stereocenters. The SMILES string of the molecule is O=C(C[C@@H]1CCNC[C@H]1Cc1cc(-c2ccccc2)on1)Nc1cccc(O)c1. The van der Waals surface area contributed by atoms with Crippen LogP contribution in [0.4, 0.5) is 5.69 Å². The van der Waals surface area contributed by atoms with Gasteiger partial charge < -0.3 is 20.3 Å². The summed E-state index contributed by atoms with van der Waals surface area (Å²) in [6, 6.07) is 18.5. The van der Waals surface area contributed by atoms with E-state index in [1.54, 1.807) is 24.3 Å². The number of rotatable bonds is 6. The van der Waals surface area contributed by atoms with E-state index in [2.05, 4.69) is 15.8 Å². The first kappa shape index (κ1) is 19.2. The maximum atomic E-state index is 12.5. The van der Waals surface area contributed by atoms with E-state index < -0.39 is 0 Å². The molecule has 6 heteroatoms. The number of anilines is 1. The van der Waals surface area contributed by atoms with E-state index in [1.165, 1.54) is 0 Å². The maximum absolute atomic E-state index is 12.5. The summed E-state index contributed by atoms with van der Waals surface area (Å²) in [7, 11) is 0. The Morgan fingerprint density at radius 1 is 1.14 bits per heavy atom. The van der Waals surface area contributed by atoms with Gasteiger partial charge in [-0.1, -0.05) is 41.6 Å². The van der Waals surface area contributed by atoms with Crippen LogP contribution in [0.25, 0.3) is 11.3 Å². The van der Waals surface area contributed by atoms with Crippen LogP contribution in [0, 0.1) is 11.8 Å². The summed E-state index contributed by atoms with van der Waals surface area (Å²) >= 11 is 0. The Morgan fingerprint density at radius 2 is 2.00 bits per heavy atom. The topological polar surface area (TPSA) is 87.4 Å². The molecule has 3 aromatic rings. The number of phenols is 1. The Labute approximate surface area is 169 Å². The molecule has 4 rings (SSSR count). The van der Waals surface area contributed by atoms with Crippen molar-refractivity contribution < 1.29 is 14.4 Å². The smallest absolute Gasteiger partial charge is 0.224 e. The number of hydrogen-bond donors (Lipinski definition) is 3. The molecular formula is C23H25N3O3. The van der Waals surface area contributed by atoms with Crippen molar-refractivity contribution in [2.45, 2.75) is 19.3 Å². The van der Waals surface area contributed by atoms with Crippen LogP contribution in [0.5, 0.6) is 5.75 Å². The molecule has 1 amide bonds. The minimum absolute atomic E-state index is 0.0300. The van der Waals surface area contributed by atoms with Crippen LogP contribution in [0.2, 0.25) is 0 Å². The van der Waals surface area contributed by atoms with Gasteiger partial charge in [0.15, 0.2) is 5.76 Å². The highest BCUT2D eigenvalue weighted by molar-refractivity contribution is 5.91. The fourth-order valence-electron chi connectivity index (χ4n) is 3.93. The molecule has 1 aromatic heterocycles. The number of piperidine rings is 1. The molecular weight excluding hydrogens is 366 g/mol. The van der Waals surface area contributed by atoms with Crippen LogP contribution in [-0.4, -0.2) is 29.3 Å². The van der Waals surface area contributed by atoms with Crippen molar-refractivity contribution in [2.75, 3.05) is 18.4 Å². The van der Waals surface area contributed by atoms with Gasteiger partial charge in [0.05, 0.1) is 5.69 Å². The van der Waals surface area contributed by atoms with Crippen molar-refractivity contribution in [1.29, 1.82) is 0 Å². The Morgan fingerprint density at radius 3 is 2.83 bits per heavy atom. The second-order valence-electron chi connectivity index (χ2n) is 7.57. The van der Waals surface area contributed by atoms with Crippen molar-refractivity contribution in [1.82, 2.24) is 10.5 Å². The van der Waals surface area contributed by atoms with E-state index in [-0.39, 0.29) is 17.6 Å². The van der Waals surface area contributed by atoms with E-state index >= 15 is 0 Å². The molecule has 2 heterocycles. The minimum Gasteiger partial charge on any atom is -0.508 e. The maximum Gasteiger partial charge on any atom is 0.224 e. The van der Waals surface area contributed by atoms with Crippen LogP contribution in [0.3, 0.4) is 0 Å². The molecule has 0 bridgehead atoms. The van der Waals surface area contributed by atoms with Crippen LogP contribution >= 0.6 is 0 Å². The number of benzene rings is 2. The standard InChI is InChI=1S/C23H25N3O3/c27-21-8-4-7-19(13-21)25-23(28)12-17-9-10-24-15-18(17)11-20-14-22(29-26-20)16-5-2-1-3-6-16/h1-8,13-14,17-18,24,27H,9-12,15H2,(H,25,28)/t17-,18+/m0/s1. The lowest BCUT2D eigenvalue weighted by atomic mass is 9.81. The molecule has 1 fully saturated rings. The number of amides is 1. The number of carbonyl (C=O) groups excluding carboxylic acids is 1. The van der Waals surface area contributed by atoms with Crippen molar-refractivity contribution in [3.05, 3.63) is 66.4 Å². The summed E-state index contributed by atoms with van der Waals surface area (Å²) in [4.78, 5) is 12.5. The van der Waals surface area contributed by atoms with E-state index in [0.717, 1.165) is 42.9 Å². The third kappa shape index (κ3) is 5.03. The zero-order valence-corrected chi connectivity index (χ0v) is 16.2. The third-order valence-corrected chi connectivity index (χ3v) is 5.43. The Bertz CT molecular complexity index is 955. The van der Waals surface area contributed by atoms with Gasteiger partial charge in [-0.2, -0.15) is 0 Å². The number of phenolic OH excluding ortho intramolecular Hbond substituents is 1. The molecule has 2 atom stereocenters. The highest BCUT2D eigenvalue weighted by Gasteiger charge is 2.28. The number of aromatic hydroxyl groups is 1. The molecule has 1 aliphatic rings. The minimum atomic E-state index is -0.0300. The van der Waals surface area contributed by atoms with Crippen LogP contribution in [0.1, 0.15) is 18.5 Å². The van der Waals surface area contributed by atoms with Gasteiger partial charge in [0, 0.05) is 29.8 Å². The second-order valence-corrected chi connectivity index (χ2v) is 7.57. The zero-order chi connectivity index (χ0) is 20.1. The predicted molar refractivity (Wildman–Crippen MR) is 111 cm³/mol. The van der Waals surface area contributed by atoms with Gasteiger partial charge in [0.1, 0.15) is 5.75 Å². The van der Waals surface area contributed by atoms with Crippen molar-refractivity contribution in [2.24, 2.45) is 11.8 Å². The Hall–Kier alpha value is -3.12. The van der Waals surface area contributed by atoms with Crippen LogP contribution in [-0.2, 0) is 11.2 Å². The molecule has 1 aliphatic heterocycles. The largest absolute Gasteiger partial charge is 0.508 e. The molecule has 0 radical (unpaired) electrons. The quantitative estimate of drug-likeness (QED) is 0.594. The molecule has 0 saturated carbocycles. The van der Waals surface area contributed by atoms with E-state index in [1.807, 2.05) is 36.4 Å². The summed E-state index contributed by atoms with van der Waals surface area (Å²) in [5.41, 5.74) is 2.54. The summed E-state index contributed by atoms with van der Waals surface area (Å²) in [5, 5.41) is 20.1. The lowest BCUT2D eigenvalue weighted by molar-refractivity contribution is -0.117. The fraction of sp³-hybridized carbons (Fsp3) is 0.304. The highest BCUT2D eigenvalue weighted by Crippen LogP contribution is 2.28. The van der Waals surface area contributed by atoms with Gasteiger partial charge >= 0.3 is 0 Å². The van der Waals surface area contributed by atoms with E-state index in [9.17, 15) is 9.90 Å². The molecule has 0 aliphatic carbocycles. The predicted octanol–water partition coefficient (Wildman–Crippen LogP) is 3.84. The first-order valence-corrected chi connectivity index (χ1v) is 9.98. The van der Waals surface area contributed by atoms with Crippen LogP contribution < -0.4 is 10.6 Å². The van der Waals surface area contributed by atoms with Crippen molar-refractivity contribution in [3.8, 4) is 17.1 Å². The molecule has 6 nitrogen and oxygen atoms in total. The summed E-state index contributed by atoms with van der Waals surface area (Å²) in [6.45, 7) is 1.77. The number of carbonyl (C=O) groups is 1. The average Bonchev–Trinajstić information content (AvgIpc) is 3.19. The number of hydrogen-bond acceptors (Lipinski definition) is 5. The molecule has 29 heavy (non-hydrogen) atoms. The molecule has 3 N–H and O–H groups in total. The third-order valence-electron chi connectivity index (χ3n) is 5.43. The second kappa shape index (κ2) is 8.92. The summed E-state index contributed by atoms with van der Waals surface area (Å²) in [5.74, 6) is 1.46. The van der Waals surface area contributed by atoms with Gasteiger partial charge in [0.2, 0.25) is 5.91 Å². The molecule has 1 saturated heterocycles. The van der Waals surface area contributed by atoms with Crippen molar-refractivity contribution >= 4 is 11.6 Å². The molecule has 150 valence electrons. The molecule has 2 aromatic carbocycles. The van der Waals surface area contributed by atoms with Gasteiger partial charge in [-0.25, -0.2) is 0 Å². The van der Waals surface area contributed by atoms with E-state index in [0.29, 0.717) is 18.0 Å². The normalized spacial score (nSPS) is 19.0. The Balaban J connectivity index is 1.39. The zero-order valence-electron chi connectivity index (χ0n) is 16.2. The van der Waals surface area contributed by atoms with E-state index in [4.69, 9.17) is 4.52 Å². The summed E-state index contributed by atoms with van der Waals surface area (Å²) in [6.07, 6.45) is 2.17. The first-order valence-electron chi connectivity index (χ1n) is 9.98. The highest BCUT2D eigenvalue weighted by atomic mass is 16.5. The average molecular weight is 391 g/mol. The van der Waals surface area contributed by atoms with Gasteiger partial charge in [-0.3, -0.25) is 4.79 Å². The van der Waals surface area contributed by atoms with Gasteiger partial charge in [0.25, 0.3) is 0 Å². The summed E-state index contributed by atoms with van der Waals surface area (Å²) < 4.78 is 5.53. The Kier molecular flexibility index (Phi) is 5.91. The van der Waals surface area contributed by atoms with Gasteiger partial charge in [-0.05, 0) is 49.9 Å². The van der Waals surface area contributed by atoms with Crippen LogP contribution in [0.15, 0.2) is 65.2 Å². The monoisotopic (exact) mass is 391 g/mol. The van der Waals surface area contributed by atoms with Crippen molar-refractivity contribution in [3.63, 3.8) is 0 Å². The van der Waals surface area contributed by atoms with Gasteiger partial charge in [-0.15, -0.1) is 0 Å².